The van der Waals surface area contributed by atoms with E-state index in [2.05, 4.69) is 49.0 Å². The van der Waals surface area contributed by atoms with Gasteiger partial charge in [-0.2, -0.15) is 0 Å². The molecule has 2 radical (unpaired) electrons. The Kier molecular flexibility index (Phi) is 2.40. The fourth-order valence-corrected chi connectivity index (χ4v) is 1.90. The Morgan fingerprint density at radius 1 is 1.00 bits per heavy atom. The molecule has 0 amide bonds. The van der Waals surface area contributed by atoms with Gasteiger partial charge >= 0.3 is 91.5 Å². The summed E-state index contributed by atoms with van der Waals surface area (Å²) in [7, 11) is 0. The van der Waals surface area contributed by atoms with Crippen LogP contribution in [0.5, 0.6) is 0 Å². The molecule has 0 heterocycles. The molecule has 0 unspecified atom stereocenters. The quantitative estimate of drug-likeness (QED) is 0.701. The van der Waals surface area contributed by atoms with Crippen LogP contribution in [0.25, 0.3) is 14.4 Å². The summed E-state index contributed by atoms with van der Waals surface area (Å²) in [5, 5.41) is 2.60. The molecule has 1 heteroatoms. The molecule has 0 aliphatic rings. The molecule has 2 rings (SSSR count). The van der Waals surface area contributed by atoms with Crippen LogP contribution in [0.15, 0.2) is 49.0 Å². The molecular weight excluding hydrogens is 263 g/mol. The second-order valence-corrected chi connectivity index (χ2v) is 5.08. The summed E-state index contributed by atoms with van der Waals surface area (Å²) in [6, 6.07) is 14.9. The van der Waals surface area contributed by atoms with Crippen LogP contribution in [-0.4, -0.2) is 22.5 Å². The van der Waals surface area contributed by atoms with Crippen LogP contribution in [0.2, 0.25) is 0 Å². The van der Waals surface area contributed by atoms with Gasteiger partial charge in [0.05, 0.1) is 0 Å². The Balaban J connectivity index is 2.69. The normalized spacial score (nSPS) is 10.2. The molecule has 0 N–H and O–H groups in total. The Labute approximate surface area is 91.4 Å². The van der Waals surface area contributed by atoms with Gasteiger partial charge in [0.15, 0.2) is 0 Å². The van der Waals surface area contributed by atoms with E-state index in [0.717, 1.165) is 22.5 Å². The van der Waals surface area contributed by atoms with Crippen molar-refractivity contribution in [2.75, 3.05) is 0 Å². The van der Waals surface area contributed by atoms with Gasteiger partial charge in [0, 0.05) is 0 Å². The molecule has 2 aromatic carbocycles. The van der Waals surface area contributed by atoms with Crippen LogP contribution in [0.1, 0.15) is 5.56 Å². The van der Waals surface area contributed by atoms with Crippen molar-refractivity contribution in [2.24, 2.45) is 0 Å². The molecule has 0 nitrogen and oxygen atoms in total. The van der Waals surface area contributed by atoms with Crippen LogP contribution in [0, 0.1) is 0 Å². The van der Waals surface area contributed by atoms with E-state index in [1.807, 2.05) is 0 Å². The SMILES string of the molecule is C=[C]([SnH])c1ccc2ccccc2c1. The third-order valence-corrected chi connectivity index (χ3v) is 3.07. The minimum atomic E-state index is 1.10. The van der Waals surface area contributed by atoms with Crippen LogP contribution in [0.4, 0.5) is 0 Å². The third-order valence-electron chi connectivity index (χ3n) is 2.12. The van der Waals surface area contributed by atoms with E-state index < -0.39 is 0 Å². The molecular formula is C12H10Sn. The Morgan fingerprint density at radius 3 is 2.38 bits per heavy atom. The minimum absolute atomic E-state index is 1.10. The van der Waals surface area contributed by atoms with E-state index in [4.69, 9.17) is 0 Å². The maximum atomic E-state index is 3.99. The maximum absolute atomic E-state index is 3.99. The second kappa shape index (κ2) is 3.54. The second-order valence-electron chi connectivity index (χ2n) is 3.09. The van der Waals surface area contributed by atoms with Crippen molar-refractivity contribution in [1.29, 1.82) is 0 Å². The predicted molar refractivity (Wildman–Crippen MR) is 60.1 cm³/mol. The summed E-state index contributed by atoms with van der Waals surface area (Å²) in [5.41, 5.74) is 1.28. The molecule has 0 atom stereocenters. The third kappa shape index (κ3) is 1.78. The Bertz CT molecular complexity index is 457. The van der Waals surface area contributed by atoms with E-state index in [1.54, 1.807) is 0 Å². The van der Waals surface area contributed by atoms with E-state index in [1.165, 1.54) is 19.9 Å². The van der Waals surface area contributed by atoms with E-state index in [9.17, 15) is 0 Å². The van der Waals surface area contributed by atoms with Crippen LogP contribution >= 0.6 is 0 Å². The van der Waals surface area contributed by atoms with Gasteiger partial charge in [-0.25, -0.2) is 0 Å². The molecule has 0 bridgehead atoms. The van der Waals surface area contributed by atoms with Gasteiger partial charge in [0.25, 0.3) is 0 Å². The fourth-order valence-electron chi connectivity index (χ4n) is 1.39. The summed E-state index contributed by atoms with van der Waals surface area (Å²) < 4.78 is 1.25. The van der Waals surface area contributed by atoms with Gasteiger partial charge in [0.1, 0.15) is 0 Å². The first-order valence-electron chi connectivity index (χ1n) is 4.21. The molecule has 13 heavy (non-hydrogen) atoms. The average molecular weight is 273 g/mol. The molecule has 0 aromatic heterocycles. The summed E-state index contributed by atoms with van der Waals surface area (Å²) in [6.07, 6.45) is 0. The summed E-state index contributed by atoms with van der Waals surface area (Å²) >= 11 is 1.10. The molecule has 2 aromatic rings. The Morgan fingerprint density at radius 2 is 1.69 bits per heavy atom. The van der Waals surface area contributed by atoms with Crippen LogP contribution in [-0.2, 0) is 0 Å². The van der Waals surface area contributed by atoms with Crippen molar-refractivity contribution in [3.05, 3.63) is 54.6 Å². The van der Waals surface area contributed by atoms with Crippen molar-refractivity contribution in [2.45, 2.75) is 0 Å². The topological polar surface area (TPSA) is 0 Å². The first kappa shape index (κ1) is 8.82. The number of hydrogen-bond donors (Lipinski definition) is 0. The molecule has 0 aliphatic carbocycles. The van der Waals surface area contributed by atoms with Gasteiger partial charge < -0.3 is 0 Å². The molecule has 0 aliphatic heterocycles. The van der Waals surface area contributed by atoms with E-state index >= 15 is 0 Å². The van der Waals surface area contributed by atoms with Gasteiger partial charge in [-0.1, -0.05) is 0 Å². The van der Waals surface area contributed by atoms with Crippen molar-refractivity contribution in [3.63, 3.8) is 0 Å². The van der Waals surface area contributed by atoms with Crippen molar-refractivity contribution in [3.8, 4) is 0 Å². The zero-order valence-corrected chi connectivity index (χ0v) is 10.6. The van der Waals surface area contributed by atoms with Crippen LogP contribution in [0.3, 0.4) is 0 Å². The Hall–Kier alpha value is -0.761. The molecule has 62 valence electrons. The molecule has 0 saturated heterocycles. The number of hydrogen-bond acceptors (Lipinski definition) is 0. The zero-order chi connectivity index (χ0) is 9.26. The monoisotopic (exact) mass is 274 g/mol. The van der Waals surface area contributed by atoms with Crippen molar-refractivity contribution < 1.29 is 0 Å². The van der Waals surface area contributed by atoms with Gasteiger partial charge in [-0.15, -0.1) is 0 Å². The van der Waals surface area contributed by atoms with Crippen LogP contribution < -0.4 is 0 Å². The summed E-state index contributed by atoms with van der Waals surface area (Å²) in [5.74, 6) is 0. The first-order chi connectivity index (χ1) is 6.27. The standard InChI is InChI=1S/C12H9.Sn.H/c1-2-10-7-8-11-5-3-4-6-12(11)9-10;;/h3-9H,1H2;;. The molecule has 0 spiro atoms. The van der Waals surface area contributed by atoms with E-state index in [-0.39, 0.29) is 0 Å². The average Bonchev–Trinajstić information content (AvgIpc) is 2.17. The number of rotatable bonds is 1. The van der Waals surface area contributed by atoms with Gasteiger partial charge in [0.2, 0.25) is 0 Å². The van der Waals surface area contributed by atoms with E-state index in [0.29, 0.717) is 0 Å². The zero-order valence-electron chi connectivity index (χ0n) is 7.33. The molecule has 0 fully saturated rings. The summed E-state index contributed by atoms with van der Waals surface area (Å²) in [6.45, 7) is 3.99. The number of benzene rings is 2. The van der Waals surface area contributed by atoms with Gasteiger partial charge in [-0.3, -0.25) is 0 Å². The van der Waals surface area contributed by atoms with Gasteiger partial charge in [-0.05, 0) is 0 Å². The predicted octanol–water partition coefficient (Wildman–Crippen LogP) is 2.71. The first-order valence-corrected chi connectivity index (χ1v) is 5.86. The molecule has 0 saturated carbocycles. The number of fused-ring (bicyclic) bond motifs is 1. The van der Waals surface area contributed by atoms with Crippen molar-refractivity contribution in [1.82, 2.24) is 0 Å². The summed E-state index contributed by atoms with van der Waals surface area (Å²) in [4.78, 5) is 0. The fraction of sp³-hybridized carbons (Fsp3) is 0. The van der Waals surface area contributed by atoms with Crippen molar-refractivity contribution >= 4 is 36.9 Å².